The molecule has 222 valence electrons. The minimum absolute atomic E-state index is 0.0571. The summed E-state index contributed by atoms with van der Waals surface area (Å²) in [7, 11) is 1.50. The van der Waals surface area contributed by atoms with Gasteiger partial charge in [-0.25, -0.2) is 0 Å². The third kappa shape index (κ3) is 9.22. The Kier molecular flexibility index (Phi) is 11.2. The molecule has 41 heavy (non-hydrogen) atoms. The Morgan fingerprint density at radius 2 is 1.71 bits per heavy atom. The number of carbonyl (C=O) groups is 3. The van der Waals surface area contributed by atoms with E-state index in [0.29, 0.717) is 11.1 Å². The summed E-state index contributed by atoms with van der Waals surface area (Å²) in [5, 5.41) is 8.39. The quantitative estimate of drug-likeness (QED) is 0.230. The third-order valence-corrected chi connectivity index (χ3v) is 7.00. The number of amides is 3. The van der Waals surface area contributed by atoms with Crippen LogP contribution >= 0.6 is 11.6 Å². The molecule has 2 aromatic rings. The molecule has 0 aliphatic heterocycles. The summed E-state index contributed by atoms with van der Waals surface area (Å²) in [4.78, 5) is 38.1. The van der Waals surface area contributed by atoms with Gasteiger partial charge in [0.05, 0.1) is 28.7 Å². The Morgan fingerprint density at radius 1 is 1.00 bits per heavy atom. The van der Waals surface area contributed by atoms with Crippen molar-refractivity contribution in [3.8, 4) is 5.75 Å². The normalized spacial score (nSPS) is 16.9. The molecule has 1 aliphatic rings. The second-order valence-corrected chi connectivity index (χ2v) is 10.3. The summed E-state index contributed by atoms with van der Waals surface area (Å²) in [5.41, 5.74) is 1.52. The standard InChI is InChI=1S/C29H33ClF3N3O5/c1-17(2)26(37)34-16-18-4-10-24(30)22(14-18)27(38)36-21-9-11-25(41-13-12-40-3)23(15-21)28(39)35-20-7-5-19(6-8-20)29(31,32)33/h4,9-11,14-15,19-20H,1,5-8,12-13,16H2,2-3H3,(H,34,37)(H,35,39)(H,36,38). The van der Waals surface area contributed by atoms with Crippen LogP contribution in [0.1, 0.15) is 58.9 Å². The largest absolute Gasteiger partial charge is 0.490 e. The number of nitrogens with one attached hydrogen (secondary N) is 3. The molecule has 8 nitrogen and oxygen atoms in total. The lowest BCUT2D eigenvalue weighted by Crippen LogP contribution is -2.40. The van der Waals surface area contributed by atoms with Gasteiger partial charge in [0.25, 0.3) is 11.8 Å². The predicted molar refractivity (Wildman–Crippen MR) is 149 cm³/mol. The van der Waals surface area contributed by atoms with Gasteiger partial charge in [0.1, 0.15) is 12.4 Å². The molecular formula is C29H33ClF3N3O5. The lowest BCUT2D eigenvalue weighted by Gasteiger charge is -2.30. The van der Waals surface area contributed by atoms with Crippen LogP contribution in [0.15, 0.2) is 48.6 Å². The highest BCUT2D eigenvalue weighted by Gasteiger charge is 2.41. The minimum atomic E-state index is -4.25. The highest BCUT2D eigenvalue weighted by Crippen LogP contribution is 2.37. The van der Waals surface area contributed by atoms with E-state index in [-0.39, 0.29) is 78.9 Å². The lowest BCUT2D eigenvalue weighted by atomic mass is 9.85. The van der Waals surface area contributed by atoms with Crippen LogP contribution < -0.4 is 20.7 Å². The van der Waals surface area contributed by atoms with Gasteiger partial charge in [-0.1, -0.05) is 24.2 Å². The number of benzene rings is 2. The maximum Gasteiger partial charge on any atom is 0.391 e. The average molecular weight is 596 g/mol. The van der Waals surface area contributed by atoms with Crippen molar-refractivity contribution < 1.29 is 37.0 Å². The Balaban J connectivity index is 1.75. The fourth-order valence-corrected chi connectivity index (χ4v) is 4.57. The molecule has 0 spiro atoms. The zero-order valence-corrected chi connectivity index (χ0v) is 23.6. The van der Waals surface area contributed by atoms with Crippen LogP contribution in [-0.4, -0.2) is 50.3 Å². The molecule has 12 heteroatoms. The number of carbonyl (C=O) groups excluding carboxylic acids is 3. The number of rotatable bonds is 11. The van der Waals surface area contributed by atoms with E-state index in [2.05, 4.69) is 22.5 Å². The Hall–Kier alpha value is -3.57. The summed E-state index contributed by atoms with van der Waals surface area (Å²) in [6, 6.07) is 8.85. The molecule has 0 aromatic heterocycles. The van der Waals surface area contributed by atoms with Gasteiger partial charge in [-0.3, -0.25) is 14.4 Å². The van der Waals surface area contributed by atoms with Gasteiger partial charge < -0.3 is 25.4 Å². The van der Waals surface area contributed by atoms with Crippen molar-refractivity contribution >= 4 is 35.0 Å². The molecular weight excluding hydrogens is 563 g/mol. The second kappa shape index (κ2) is 14.4. The fourth-order valence-electron chi connectivity index (χ4n) is 4.36. The van der Waals surface area contributed by atoms with E-state index in [1.54, 1.807) is 25.1 Å². The summed E-state index contributed by atoms with van der Waals surface area (Å²) in [6.45, 7) is 5.74. The topological polar surface area (TPSA) is 106 Å². The second-order valence-electron chi connectivity index (χ2n) is 9.85. The molecule has 3 rings (SSSR count). The molecule has 1 fully saturated rings. The highest BCUT2D eigenvalue weighted by atomic mass is 35.5. The predicted octanol–water partition coefficient (Wildman–Crippen LogP) is 5.66. The van der Waals surface area contributed by atoms with Crippen LogP contribution in [0.4, 0.5) is 18.9 Å². The molecule has 3 N–H and O–H groups in total. The third-order valence-electron chi connectivity index (χ3n) is 6.67. The first-order valence-electron chi connectivity index (χ1n) is 13.1. The number of methoxy groups -OCH3 is 1. The van der Waals surface area contributed by atoms with Crippen LogP contribution in [0.25, 0.3) is 0 Å². The Labute approximate surface area is 241 Å². The molecule has 0 unspecified atom stereocenters. The molecule has 1 aliphatic carbocycles. The van der Waals surface area contributed by atoms with E-state index in [4.69, 9.17) is 21.1 Å². The Bertz CT molecular complexity index is 1280. The van der Waals surface area contributed by atoms with Crippen molar-refractivity contribution in [3.05, 3.63) is 70.3 Å². The van der Waals surface area contributed by atoms with Gasteiger partial charge in [0.2, 0.25) is 5.91 Å². The molecule has 3 amide bonds. The number of hydrogen-bond acceptors (Lipinski definition) is 5. The summed E-state index contributed by atoms with van der Waals surface area (Å²) >= 11 is 6.27. The Morgan fingerprint density at radius 3 is 2.34 bits per heavy atom. The van der Waals surface area contributed by atoms with Crippen LogP contribution in [0.2, 0.25) is 5.02 Å². The van der Waals surface area contributed by atoms with E-state index in [9.17, 15) is 27.6 Å². The molecule has 2 aromatic carbocycles. The smallest absolute Gasteiger partial charge is 0.391 e. The number of alkyl halides is 3. The van der Waals surface area contributed by atoms with E-state index in [1.165, 1.54) is 25.3 Å². The van der Waals surface area contributed by atoms with Gasteiger partial charge in [-0.15, -0.1) is 0 Å². The summed E-state index contributed by atoms with van der Waals surface area (Å²) < 4.78 is 49.8. The number of hydrogen-bond donors (Lipinski definition) is 3. The lowest BCUT2D eigenvalue weighted by molar-refractivity contribution is -0.182. The molecule has 0 bridgehead atoms. The van der Waals surface area contributed by atoms with Crippen molar-refractivity contribution in [2.45, 2.75) is 51.4 Å². The van der Waals surface area contributed by atoms with Crippen molar-refractivity contribution in [2.24, 2.45) is 5.92 Å². The summed E-state index contributed by atoms with van der Waals surface area (Å²) in [6.07, 6.45) is -3.95. The van der Waals surface area contributed by atoms with Gasteiger partial charge in [0, 0.05) is 31.0 Å². The monoisotopic (exact) mass is 595 g/mol. The first kappa shape index (κ1) is 32.0. The molecule has 0 saturated heterocycles. The van der Waals surface area contributed by atoms with Gasteiger partial charge in [-0.2, -0.15) is 13.2 Å². The first-order chi connectivity index (χ1) is 19.4. The average Bonchev–Trinajstić information content (AvgIpc) is 2.92. The maximum atomic E-state index is 13.2. The minimum Gasteiger partial charge on any atom is -0.490 e. The van der Waals surface area contributed by atoms with Crippen molar-refractivity contribution in [1.29, 1.82) is 0 Å². The van der Waals surface area contributed by atoms with Gasteiger partial charge in [0.15, 0.2) is 0 Å². The van der Waals surface area contributed by atoms with E-state index in [1.807, 2.05) is 0 Å². The SMILES string of the molecule is C=C(C)C(=O)NCc1ccc(Cl)c(C(=O)Nc2ccc(OCCOC)c(C(=O)NC3CCC(C(F)(F)F)CC3)c2)c1. The van der Waals surface area contributed by atoms with Crippen LogP contribution in [-0.2, 0) is 16.1 Å². The fraction of sp³-hybridized carbons (Fsp3) is 0.414. The molecule has 0 radical (unpaired) electrons. The maximum absolute atomic E-state index is 13.2. The van der Waals surface area contributed by atoms with Gasteiger partial charge >= 0.3 is 6.18 Å². The van der Waals surface area contributed by atoms with Crippen LogP contribution in [0.3, 0.4) is 0 Å². The summed E-state index contributed by atoms with van der Waals surface area (Å²) in [5.74, 6) is -2.53. The van der Waals surface area contributed by atoms with E-state index < -0.39 is 30.0 Å². The number of halogens is 4. The van der Waals surface area contributed by atoms with Crippen molar-refractivity contribution in [1.82, 2.24) is 10.6 Å². The van der Waals surface area contributed by atoms with Crippen LogP contribution in [0, 0.1) is 5.92 Å². The first-order valence-corrected chi connectivity index (χ1v) is 13.4. The van der Waals surface area contributed by atoms with Crippen LogP contribution in [0.5, 0.6) is 5.75 Å². The molecule has 0 atom stereocenters. The van der Waals surface area contributed by atoms with Crippen molar-refractivity contribution in [3.63, 3.8) is 0 Å². The van der Waals surface area contributed by atoms with Crippen molar-refractivity contribution in [2.75, 3.05) is 25.6 Å². The number of anilines is 1. The van der Waals surface area contributed by atoms with E-state index in [0.717, 1.165) is 0 Å². The zero-order chi connectivity index (χ0) is 30.2. The van der Waals surface area contributed by atoms with E-state index >= 15 is 0 Å². The molecule has 0 heterocycles. The molecule has 1 saturated carbocycles. The number of ether oxygens (including phenoxy) is 2. The van der Waals surface area contributed by atoms with Gasteiger partial charge in [-0.05, 0) is 68.5 Å². The highest BCUT2D eigenvalue weighted by molar-refractivity contribution is 6.34. The zero-order valence-electron chi connectivity index (χ0n) is 22.8.